The van der Waals surface area contributed by atoms with Gasteiger partial charge in [-0.25, -0.2) is 9.78 Å². The van der Waals surface area contributed by atoms with Crippen molar-refractivity contribution in [2.24, 2.45) is 11.8 Å². The average Bonchev–Trinajstić information content (AvgIpc) is 3.91. The predicted molar refractivity (Wildman–Crippen MR) is 192 cm³/mol. The Morgan fingerprint density at radius 3 is 2.30 bits per heavy atom. The largest absolute Gasteiger partial charge is 0.453 e. The highest BCUT2D eigenvalue weighted by atomic mass is 16.5. The number of benzene rings is 2. The molecular weight excluding hydrogens is 630 g/mol. The van der Waals surface area contributed by atoms with Crippen molar-refractivity contribution in [1.82, 2.24) is 25.1 Å². The minimum Gasteiger partial charge on any atom is -0.453 e. The second-order valence-corrected chi connectivity index (χ2v) is 14.8. The van der Waals surface area contributed by atoms with Crippen LogP contribution in [0.5, 0.6) is 0 Å². The van der Waals surface area contributed by atoms with Gasteiger partial charge in [0.05, 0.1) is 31.1 Å². The summed E-state index contributed by atoms with van der Waals surface area (Å²) in [6.45, 7) is 8.95. The highest BCUT2D eigenvalue weighted by Crippen LogP contribution is 2.38. The molecule has 2 saturated heterocycles. The number of imidazole rings is 1. The molecule has 0 spiro atoms. The summed E-state index contributed by atoms with van der Waals surface area (Å²) < 4.78 is 4.74. The minimum atomic E-state index is -0.736. The summed E-state index contributed by atoms with van der Waals surface area (Å²) >= 11 is 0. The Balaban J connectivity index is 1.12. The van der Waals surface area contributed by atoms with E-state index in [2.05, 4.69) is 57.7 Å². The zero-order valence-corrected chi connectivity index (χ0v) is 30.0. The van der Waals surface area contributed by atoms with Crippen LogP contribution >= 0.6 is 0 Å². The number of carbonyl (C=O) groups excluding carboxylic acids is 4. The average molecular weight is 682 g/mol. The SMILES string of the molecule is COC(=O)N[C@H](C(=O)N1CCC[C@H]1C(=O)CC1CCCc2cc(-c3ccc(-c4cnc(C5CCCN5C(=O)C(C)C)[nH]4)cc3)ccc21)C(C)C. The van der Waals surface area contributed by atoms with E-state index >= 15 is 0 Å². The van der Waals surface area contributed by atoms with E-state index in [1.165, 1.54) is 18.2 Å². The second-order valence-electron chi connectivity index (χ2n) is 14.8. The number of aryl methyl sites for hydroxylation is 1. The van der Waals surface area contributed by atoms with Crippen LogP contribution in [0.1, 0.15) is 102 Å². The van der Waals surface area contributed by atoms with E-state index in [9.17, 15) is 19.2 Å². The number of hydrogen-bond acceptors (Lipinski definition) is 6. The van der Waals surface area contributed by atoms with Crippen LogP contribution in [0.4, 0.5) is 4.79 Å². The van der Waals surface area contributed by atoms with Gasteiger partial charge in [0, 0.05) is 25.4 Å². The fourth-order valence-corrected chi connectivity index (χ4v) is 8.07. The summed E-state index contributed by atoms with van der Waals surface area (Å²) in [5.41, 5.74) is 6.77. The summed E-state index contributed by atoms with van der Waals surface area (Å²) in [7, 11) is 1.28. The van der Waals surface area contributed by atoms with Crippen molar-refractivity contribution >= 4 is 23.7 Å². The zero-order valence-electron chi connectivity index (χ0n) is 30.0. The Bertz CT molecular complexity index is 1710. The summed E-state index contributed by atoms with van der Waals surface area (Å²) in [6.07, 6.45) is 7.90. The highest BCUT2D eigenvalue weighted by Gasteiger charge is 2.39. The lowest BCUT2D eigenvalue weighted by atomic mass is 9.78. The van der Waals surface area contributed by atoms with Crippen molar-refractivity contribution in [2.75, 3.05) is 20.2 Å². The smallest absolute Gasteiger partial charge is 0.407 e. The Hall–Kier alpha value is -4.47. The third kappa shape index (κ3) is 7.35. The predicted octanol–water partition coefficient (Wildman–Crippen LogP) is 6.81. The first kappa shape index (κ1) is 35.4. The van der Waals surface area contributed by atoms with Crippen LogP contribution in [0.2, 0.25) is 0 Å². The normalized spacial score (nSPS) is 21.0. The number of carbonyl (C=O) groups is 4. The molecule has 0 bridgehead atoms. The van der Waals surface area contributed by atoms with Crippen LogP contribution in [-0.2, 0) is 25.5 Å². The number of methoxy groups -OCH3 is 1. The van der Waals surface area contributed by atoms with E-state index in [-0.39, 0.29) is 41.4 Å². The standard InChI is InChI=1S/C40H51N5O5/c1-24(2)36(43-40(49)50-5)39(48)44-19-7-11-33(44)35(46)22-30-10-6-9-29-21-28(17-18-31(29)30)26-13-15-27(16-14-26)32-23-41-37(42-32)34-12-8-20-45(34)38(47)25(3)4/h13-18,21,23-25,30,33-34,36H,6-12,19-20,22H2,1-5H3,(H,41,42)(H,43,49)/t30?,33-,34?,36-/m0/s1. The van der Waals surface area contributed by atoms with Gasteiger partial charge in [-0.1, -0.05) is 70.2 Å². The van der Waals surface area contributed by atoms with Crippen LogP contribution in [-0.4, -0.2) is 75.7 Å². The van der Waals surface area contributed by atoms with Gasteiger partial charge in [-0.05, 0) is 84.6 Å². The molecule has 50 heavy (non-hydrogen) atoms. The summed E-state index contributed by atoms with van der Waals surface area (Å²) in [5.74, 6) is 0.863. The fourth-order valence-electron chi connectivity index (χ4n) is 8.07. The maximum atomic E-state index is 13.8. The molecule has 266 valence electrons. The Labute approximate surface area is 295 Å². The molecule has 3 heterocycles. The number of nitrogens with one attached hydrogen (secondary N) is 2. The molecule has 2 N–H and O–H groups in total. The molecule has 6 rings (SSSR count). The molecule has 2 aromatic carbocycles. The molecule has 3 aromatic rings. The van der Waals surface area contributed by atoms with E-state index in [4.69, 9.17) is 4.74 Å². The molecule has 3 aliphatic rings. The maximum absolute atomic E-state index is 13.8. The summed E-state index contributed by atoms with van der Waals surface area (Å²) in [5, 5.41) is 2.67. The van der Waals surface area contributed by atoms with Crippen molar-refractivity contribution < 1.29 is 23.9 Å². The monoisotopic (exact) mass is 681 g/mol. The molecule has 3 amide bonds. The van der Waals surface area contributed by atoms with Crippen molar-refractivity contribution in [3.63, 3.8) is 0 Å². The summed E-state index contributed by atoms with van der Waals surface area (Å²) in [6, 6.07) is 13.9. The molecule has 2 aliphatic heterocycles. The third-order valence-corrected chi connectivity index (χ3v) is 10.8. The van der Waals surface area contributed by atoms with Crippen LogP contribution in [0, 0.1) is 11.8 Å². The van der Waals surface area contributed by atoms with Gasteiger partial charge in [-0.2, -0.15) is 0 Å². The highest BCUT2D eigenvalue weighted by molar-refractivity contribution is 5.93. The quantitative estimate of drug-likeness (QED) is 0.242. The lowest BCUT2D eigenvalue weighted by Crippen LogP contribution is -2.53. The fraction of sp³-hybridized carbons (Fsp3) is 0.525. The van der Waals surface area contributed by atoms with Gasteiger partial charge in [0.15, 0.2) is 5.78 Å². The molecule has 0 saturated carbocycles. The number of amides is 3. The molecule has 4 atom stereocenters. The van der Waals surface area contributed by atoms with E-state index < -0.39 is 18.2 Å². The van der Waals surface area contributed by atoms with Gasteiger partial charge in [-0.15, -0.1) is 0 Å². The Morgan fingerprint density at radius 1 is 0.880 bits per heavy atom. The van der Waals surface area contributed by atoms with Gasteiger partial charge < -0.3 is 24.8 Å². The van der Waals surface area contributed by atoms with Crippen LogP contribution in [0.3, 0.4) is 0 Å². The number of ketones is 1. The van der Waals surface area contributed by atoms with E-state index in [0.29, 0.717) is 19.4 Å². The number of nitrogens with zero attached hydrogens (tertiary/aromatic N) is 3. The number of hydrogen-bond donors (Lipinski definition) is 2. The Morgan fingerprint density at radius 2 is 1.58 bits per heavy atom. The number of fused-ring (bicyclic) bond motifs is 1. The first-order valence-corrected chi connectivity index (χ1v) is 18.3. The molecular formula is C40H51N5O5. The second kappa shape index (κ2) is 15.2. The Kier molecular flexibility index (Phi) is 10.7. The summed E-state index contributed by atoms with van der Waals surface area (Å²) in [4.78, 5) is 63.8. The molecule has 2 fully saturated rings. The first-order chi connectivity index (χ1) is 24.0. The molecule has 10 heteroatoms. The van der Waals surface area contributed by atoms with Crippen molar-refractivity contribution in [1.29, 1.82) is 0 Å². The number of H-pyrrole nitrogens is 1. The van der Waals surface area contributed by atoms with Gasteiger partial charge in [0.1, 0.15) is 11.9 Å². The lowest BCUT2D eigenvalue weighted by Gasteiger charge is -2.31. The number of Topliss-reactive ketones (excluding diaryl/α,β-unsaturated/α-hetero) is 1. The number of alkyl carbamates (subject to hydrolysis) is 1. The van der Waals surface area contributed by atoms with Crippen LogP contribution in [0.25, 0.3) is 22.4 Å². The maximum Gasteiger partial charge on any atom is 0.407 e. The van der Waals surface area contributed by atoms with Crippen molar-refractivity contribution in [3.8, 4) is 22.4 Å². The van der Waals surface area contributed by atoms with Gasteiger partial charge >= 0.3 is 6.09 Å². The van der Waals surface area contributed by atoms with Gasteiger partial charge in [0.2, 0.25) is 11.8 Å². The van der Waals surface area contributed by atoms with Crippen LogP contribution in [0.15, 0.2) is 48.7 Å². The molecule has 1 aromatic heterocycles. The van der Waals surface area contributed by atoms with E-state index in [1.807, 2.05) is 38.8 Å². The van der Waals surface area contributed by atoms with Crippen molar-refractivity contribution in [3.05, 3.63) is 65.6 Å². The minimum absolute atomic E-state index is 0.000280. The number of likely N-dealkylation sites (tertiary alicyclic amines) is 2. The van der Waals surface area contributed by atoms with E-state index in [0.717, 1.165) is 73.3 Å². The van der Waals surface area contributed by atoms with Gasteiger partial charge in [0.25, 0.3) is 0 Å². The van der Waals surface area contributed by atoms with E-state index in [1.54, 1.807) is 4.90 Å². The molecule has 1 aliphatic carbocycles. The van der Waals surface area contributed by atoms with Gasteiger partial charge in [-0.3, -0.25) is 14.4 Å². The lowest BCUT2D eigenvalue weighted by molar-refractivity contribution is -0.140. The molecule has 2 unspecified atom stereocenters. The van der Waals surface area contributed by atoms with Crippen molar-refractivity contribution in [2.45, 2.75) is 103 Å². The number of rotatable bonds is 10. The first-order valence-electron chi connectivity index (χ1n) is 18.3. The van der Waals surface area contributed by atoms with Crippen LogP contribution < -0.4 is 5.32 Å². The number of ether oxygens (including phenoxy) is 1. The number of aromatic amines is 1. The third-order valence-electron chi connectivity index (χ3n) is 10.8. The number of aromatic nitrogens is 2. The zero-order chi connectivity index (χ0) is 35.5. The topological polar surface area (TPSA) is 125 Å². The molecule has 10 nitrogen and oxygen atoms in total. The molecule has 0 radical (unpaired) electrons.